The van der Waals surface area contributed by atoms with Gasteiger partial charge < -0.3 is 10.2 Å². The van der Waals surface area contributed by atoms with Gasteiger partial charge in [-0.1, -0.05) is 25.0 Å². The van der Waals surface area contributed by atoms with Crippen LogP contribution in [0, 0.1) is 0 Å². The predicted molar refractivity (Wildman–Crippen MR) is 84.4 cm³/mol. The summed E-state index contributed by atoms with van der Waals surface area (Å²) in [5, 5.41) is 4.41. The van der Waals surface area contributed by atoms with Gasteiger partial charge in [0.1, 0.15) is 5.82 Å². The third kappa shape index (κ3) is 2.69. The molecule has 1 aromatic heterocycles. The Morgan fingerprint density at radius 2 is 1.80 bits per heavy atom. The number of nitrogens with one attached hydrogen (secondary N) is 1. The highest BCUT2D eigenvalue weighted by Crippen LogP contribution is 2.27. The molecule has 0 aliphatic carbocycles. The van der Waals surface area contributed by atoms with E-state index in [4.69, 9.17) is 4.98 Å². The average Bonchev–Trinajstić information content (AvgIpc) is 2.76. The maximum atomic E-state index is 4.76. The van der Waals surface area contributed by atoms with E-state index in [1.54, 1.807) is 0 Å². The van der Waals surface area contributed by atoms with Crippen molar-refractivity contribution < 1.29 is 0 Å². The number of fused-ring (bicyclic) bond motifs is 1. The number of rotatable bonds is 3. The average molecular weight is 270 g/mol. The molecule has 1 aliphatic heterocycles. The van der Waals surface area contributed by atoms with Crippen LogP contribution in [0.3, 0.4) is 0 Å². The summed E-state index contributed by atoms with van der Waals surface area (Å²) in [6.07, 6.45) is 5.18. The lowest BCUT2D eigenvalue weighted by atomic mass is 10.2. The van der Waals surface area contributed by atoms with Gasteiger partial charge in [0.15, 0.2) is 0 Å². The predicted octanol–water partition coefficient (Wildman–Crippen LogP) is 3.44. The molecule has 0 spiro atoms. The minimum Gasteiger partial charge on any atom is -0.356 e. The van der Waals surface area contributed by atoms with E-state index in [0.29, 0.717) is 0 Å². The Hall–Kier alpha value is -1.84. The van der Waals surface area contributed by atoms with Gasteiger partial charge in [0, 0.05) is 25.0 Å². The Morgan fingerprint density at radius 1 is 1.05 bits per heavy atom. The summed E-state index contributed by atoms with van der Waals surface area (Å²) in [5.41, 5.74) is 1.03. The first kappa shape index (κ1) is 13.2. The quantitative estimate of drug-likeness (QED) is 0.927. The molecule has 1 aliphatic rings. The van der Waals surface area contributed by atoms with Crippen LogP contribution >= 0.6 is 0 Å². The SMILES string of the molecule is CCNc1nc(N2CCCCCC2)c2ccccc2n1. The lowest BCUT2D eigenvalue weighted by Gasteiger charge is -2.23. The van der Waals surface area contributed by atoms with Crippen molar-refractivity contribution in [2.75, 3.05) is 29.9 Å². The summed E-state index contributed by atoms with van der Waals surface area (Å²) in [6, 6.07) is 8.31. The van der Waals surface area contributed by atoms with Crippen LogP contribution < -0.4 is 10.2 Å². The number of hydrogen-bond donors (Lipinski definition) is 1. The highest BCUT2D eigenvalue weighted by molar-refractivity contribution is 5.90. The van der Waals surface area contributed by atoms with Crippen molar-refractivity contribution in [1.29, 1.82) is 0 Å². The largest absolute Gasteiger partial charge is 0.356 e. The van der Waals surface area contributed by atoms with Crippen molar-refractivity contribution in [3.05, 3.63) is 24.3 Å². The number of para-hydroxylation sites is 1. The summed E-state index contributed by atoms with van der Waals surface area (Å²) < 4.78 is 0. The second kappa shape index (κ2) is 6.07. The van der Waals surface area contributed by atoms with E-state index in [0.717, 1.165) is 42.3 Å². The van der Waals surface area contributed by atoms with Crippen molar-refractivity contribution >= 4 is 22.7 Å². The second-order valence-corrected chi connectivity index (χ2v) is 5.32. The molecule has 4 nitrogen and oxygen atoms in total. The Morgan fingerprint density at radius 3 is 2.55 bits per heavy atom. The molecule has 1 aromatic carbocycles. The maximum absolute atomic E-state index is 4.76. The minimum absolute atomic E-state index is 0.741. The molecule has 0 bridgehead atoms. The van der Waals surface area contributed by atoms with Gasteiger partial charge >= 0.3 is 0 Å². The Kier molecular flexibility index (Phi) is 4.00. The zero-order chi connectivity index (χ0) is 13.8. The van der Waals surface area contributed by atoms with Crippen LogP contribution in [0.4, 0.5) is 11.8 Å². The summed E-state index contributed by atoms with van der Waals surface area (Å²) in [5.74, 6) is 1.83. The zero-order valence-corrected chi connectivity index (χ0v) is 12.1. The van der Waals surface area contributed by atoms with E-state index >= 15 is 0 Å². The monoisotopic (exact) mass is 270 g/mol. The Balaban J connectivity index is 2.06. The van der Waals surface area contributed by atoms with Gasteiger partial charge in [0.25, 0.3) is 0 Å². The van der Waals surface area contributed by atoms with Crippen molar-refractivity contribution in [3.63, 3.8) is 0 Å². The molecule has 106 valence electrons. The topological polar surface area (TPSA) is 41.1 Å². The molecule has 1 N–H and O–H groups in total. The first-order valence-electron chi connectivity index (χ1n) is 7.64. The van der Waals surface area contributed by atoms with E-state index in [1.165, 1.54) is 25.7 Å². The standard InChI is InChI=1S/C16H22N4/c1-2-17-16-18-14-10-6-5-9-13(14)15(19-16)20-11-7-3-4-8-12-20/h5-6,9-10H,2-4,7-8,11-12H2,1H3,(H,17,18,19). The number of benzene rings is 1. The molecule has 1 saturated heterocycles. The lowest BCUT2D eigenvalue weighted by Crippen LogP contribution is -2.25. The Bertz CT molecular complexity index is 574. The fraction of sp³-hybridized carbons (Fsp3) is 0.500. The van der Waals surface area contributed by atoms with Crippen molar-refractivity contribution in [3.8, 4) is 0 Å². The number of anilines is 2. The normalized spacial score (nSPS) is 16.1. The third-order valence-corrected chi connectivity index (χ3v) is 3.82. The van der Waals surface area contributed by atoms with Crippen LogP contribution in [0.5, 0.6) is 0 Å². The van der Waals surface area contributed by atoms with Crippen LogP contribution in [0.15, 0.2) is 24.3 Å². The highest BCUT2D eigenvalue weighted by atomic mass is 15.2. The van der Waals surface area contributed by atoms with E-state index in [-0.39, 0.29) is 0 Å². The van der Waals surface area contributed by atoms with Gasteiger partial charge in [-0.15, -0.1) is 0 Å². The summed E-state index contributed by atoms with van der Waals surface area (Å²) in [6.45, 7) is 5.13. The zero-order valence-electron chi connectivity index (χ0n) is 12.1. The van der Waals surface area contributed by atoms with E-state index in [2.05, 4.69) is 40.3 Å². The van der Waals surface area contributed by atoms with E-state index in [9.17, 15) is 0 Å². The molecule has 4 heteroatoms. The highest BCUT2D eigenvalue weighted by Gasteiger charge is 2.15. The molecule has 0 amide bonds. The van der Waals surface area contributed by atoms with Crippen molar-refractivity contribution in [1.82, 2.24) is 9.97 Å². The second-order valence-electron chi connectivity index (χ2n) is 5.32. The Labute approximate surface area is 120 Å². The van der Waals surface area contributed by atoms with Gasteiger partial charge in [-0.05, 0) is 31.9 Å². The van der Waals surface area contributed by atoms with Gasteiger partial charge in [-0.3, -0.25) is 0 Å². The van der Waals surface area contributed by atoms with Crippen LogP contribution in [-0.4, -0.2) is 29.6 Å². The molecule has 0 radical (unpaired) electrons. The smallest absolute Gasteiger partial charge is 0.225 e. The number of hydrogen-bond acceptors (Lipinski definition) is 4. The molecule has 0 atom stereocenters. The summed E-state index contributed by atoms with van der Waals surface area (Å²) in [4.78, 5) is 11.8. The maximum Gasteiger partial charge on any atom is 0.225 e. The van der Waals surface area contributed by atoms with Gasteiger partial charge in [0.2, 0.25) is 5.95 Å². The molecular weight excluding hydrogens is 248 g/mol. The van der Waals surface area contributed by atoms with Crippen molar-refractivity contribution in [2.24, 2.45) is 0 Å². The number of nitrogens with zero attached hydrogens (tertiary/aromatic N) is 3. The van der Waals surface area contributed by atoms with Crippen LogP contribution in [-0.2, 0) is 0 Å². The van der Waals surface area contributed by atoms with E-state index < -0.39 is 0 Å². The molecule has 0 saturated carbocycles. The summed E-state index contributed by atoms with van der Waals surface area (Å²) in [7, 11) is 0. The molecule has 0 unspecified atom stereocenters. The molecule has 3 rings (SSSR count). The van der Waals surface area contributed by atoms with Crippen LogP contribution in [0.25, 0.3) is 10.9 Å². The minimum atomic E-state index is 0.741. The fourth-order valence-corrected chi connectivity index (χ4v) is 2.82. The van der Waals surface area contributed by atoms with Crippen LogP contribution in [0.2, 0.25) is 0 Å². The molecule has 2 aromatic rings. The third-order valence-electron chi connectivity index (χ3n) is 3.82. The lowest BCUT2D eigenvalue weighted by molar-refractivity contribution is 0.726. The van der Waals surface area contributed by atoms with Gasteiger partial charge in [-0.2, -0.15) is 4.98 Å². The first-order chi connectivity index (χ1) is 9.88. The molecular formula is C16H22N4. The fourth-order valence-electron chi connectivity index (χ4n) is 2.82. The molecule has 20 heavy (non-hydrogen) atoms. The first-order valence-corrected chi connectivity index (χ1v) is 7.64. The molecule has 2 heterocycles. The van der Waals surface area contributed by atoms with Crippen molar-refractivity contribution in [2.45, 2.75) is 32.6 Å². The van der Waals surface area contributed by atoms with Crippen LogP contribution in [0.1, 0.15) is 32.6 Å². The van der Waals surface area contributed by atoms with Gasteiger partial charge in [0.05, 0.1) is 5.52 Å². The van der Waals surface area contributed by atoms with Gasteiger partial charge in [-0.25, -0.2) is 4.98 Å². The molecule has 1 fully saturated rings. The van der Waals surface area contributed by atoms with E-state index in [1.807, 2.05) is 6.07 Å². The summed E-state index contributed by atoms with van der Waals surface area (Å²) >= 11 is 0. The number of aromatic nitrogens is 2.